The van der Waals surface area contributed by atoms with Crippen molar-refractivity contribution in [2.45, 2.75) is 25.3 Å². The van der Waals surface area contributed by atoms with Crippen LogP contribution < -0.4 is 10.2 Å². The Morgan fingerprint density at radius 1 is 0.958 bits per heavy atom. The topological polar surface area (TPSA) is 33.5 Å². The molecule has 2 aromatic rings. The average molecular weight is 364 g/mol. The minimum Gasteiger partial charge on any atom is -0.321 e. The molecule has 1 saturated heterocycles. The smallest absolute Gasteiger partial charge is 0.287 e. The Morgan fingerprint density at radius 2 is 1.58 bits per heavy atom. The summed E-state index contributed by atoms with van der Waals surface area (Å²) < 4.78 is 0. The van der Waals surface area contributed by atoms with E-state index in [1.54, 1.807) is 18.2 Å². The lowest BCUT2D eigenvalue weighted by Crippen LogP contribution is -3.14. The van der Waals surface area contributed by atoms with Gasteiger partial charge in [0.2, 0.25) is 0 Å². The van der Waals surface area contributed by atoms with E-state index in [4.69, 9.17) is 23.2 Å². The van der Waals surface area contributed by atoms with E-state index in [2.05, 4.69) is 5.32 Å². The van der Waals surface area contributed by atoms with Gasteiger partial charge in [-0.15, -0.1) is 0 Å². The standard InChI is InChI=1S/C19H20Cl2N2O/c20-15-11-16(21)13-17(12-15)22-19(24)18(14-7-3-1-4-8-14)23-9-5-2-6-10-23/h1,3-4,7-8,11-13,18H,2,5-6,9-10H2,(H,22,24)/p+1/t18-/m0/s1. The molecule has 1 heterocycles. The van der Waals surface area contributed by atoms with Gasteiger partial charge in [-0.05, 0) is 37.5 Å². The van der Waals surface area contributed by atoms with Crippen LogP contribution >= 0.6 is 23.2 Å². The van der Waals surface area contributed by atoms with Crippen molar-refractivity contribution in [1.29, 1.82) is 0 Å². The molecule has 3 nitrogen and oxygen atoms in total. The fourth-order valence-electron chi connectivity index (χ4n) is 3.35. The average Bonchev–Trinajstić information content (AvgIpc) is 2.56. The number of likely N-dealkylation sites (tertiary alicyclic amines) is 1. The maximum atomic E-state index is 13.0. The molecule has 0 radical (unpaired) electrons. The first-order valence-electron chi connectivity index (χ1n) is 8.30. The van der Waals surface area contributed by atoms with Crippen LogP contribution in [-0.2, 0) is 4.79 Å². The second-order valence-corrected chi connectivity index (χ2v) is 7.08. The van der Waals surface area contributed by atoms with Gasteiger partial charge in [-0.1, -0.05) is 53.5 Å². The van der Waals surface area contributed by atoms with Crippen LogP contribution in [0.25, 0.3) is 0 Å². The van der Waals surface area contributed by atoms with Gasteiger partial charge in [0.1, 0.15) is 0 Å². The van der Waals surface area contributed by atoms with Crippen LogP contribution in [0.5, 0.6) is 0 Å². The molecule has 1 amide bonds. The zero-order chi connectivity index (χ0) is 16.9. The Labute approximate surface area is 152 Å². The van der Waals surface area contributed by atoms with Crippen molar-refractivity contribution in [2.75, 3.05) is 18.4 Å². The van der Waals surface area contributed by atoms with E-state index in [0.717, 1.165) is 31.5 Å². The summed E-state index contributed by atoms with van der Waals surface area (Å²) in [4.78, 5) is 14.3. The lowest BCUT2D eigenvalue weighted by Gasteiger charge is -2.31. The second-order valence-electron chi connectivity index (χ2n) is 6.21. The van der Waals surface area contributed by atoms with Crippen molar-refractivity contribution in [3.8, 4) is 0 Å². The largest absolute Gasteiger partial charge is 0.321 e. The van der Waals surface area contributed by atoms with Crippen molar-refractivity contribution >= 4 is 34.8 Å². The molecule has 1 aliphatic rings. The van der Waals surface area contributed by atoms with Crippen LogP contribution in [0.15, 0.2) is 48.5 Å². The third-order valence-electron chi connectivity index (χ3n) is 4.43. The van der Waals surface area contributed by atoms with Gasteiger partial charge in [0.25, 0.3) is 5.91 Å². The lowest BCUT2D eigenvalue weighted by atomic mass is 10.0. The molecule has 2 N–H and O–H groups in total. The zero-order valence-electron chi connectivity index (χ0n) is 13.4. The minimum absolute atomic E-state index is 0.0172. The number of quaternary nitrogens is 1. The molecule has 24 heavy (non-hydrogen) atoms. The van der Waals surface area contributed by atoms with Crippen molar-refractivity contribution in [1.82, 2.24) is 0 Å². The van der Waals surface area contributed by atoms with Crippen LogP contribution in [0, 0.1) is 0 Å². The lowest BCUT2D eigenvalue weighted by molar-refractivity contribution is -0.926. The predicted molar refractivity (Wildman–Crippen MR) is 98.8 cm³/mol. The number of benzene rings is 2. The van der Waals surface area contributed by atoms with Crippen molar-refractivity contribution in [2.24, 2.45) is 0 Å². The van der Waals surface area contributed by atoms with Crippen LogP contribution in [0.4, 0.5) is 5.69 Å². The first kappa shape index (κ1) is 17.3. The molecule has 2 aromatic carbocycles. The summed E-state index contributed by atoms with van der Waals surface area (Å²) in [5.41, 5.74) is 1.68. The Kier molecular flexibility index (Phi) is 5.77. The maximum Gasteiger partial charge on any atom is 0.287 e. The summed E-state index contributed by atoms with van der Waals surface area (Å²) in [5, 5.41) is 4.02. The molecule has 5 heteroatoms. The van der Waals surface area contributed by atoms with Crippen molar-refractivity contribution in [3.05, 3.63) is 64.1 Å². The molecule has 1 aliphatic heterocycles. The summed E-state index contributed by atoms with van der Waals surface area (Å²) >= 11 is 12.1. The molecule has 0 aliphatic carbocycles. The van der Waals surface area contributed by atoms with Gasteiger partial charge >= 0.3 is 0 Å². The number of carbonyl (C=O) groups excluding carboxylic acids is 1. The molecule has 126 valence electrons. The van der Waals surface area contributed by atoms with Gasteiger partial charge in [-0.3, -0.25) is 4.79 Å². The number of halogens is 2. The number of rotatable bonds is 4. The number of hydrogen-bond acceptors (Lipinski definition) is 1. The molecule has 3 rings (SSSR count). The van der Waals surface area contributed by atoms with Gasteiger partial charge in [-0.2, -0.15) is 0 Å². The van der Waals surface area contributed by atoms with Gasteiger partial charge in [0.15, 0.2) is 6.04 Å². The van der Waals surface area contributed by atoms with Crippen LogP contribution in [0.2, 0.25) is 10.0 Å². The van der Waals surface area contributed by atoms with Crippen LogP contribution in [0.1, 0.15) is 30.9 Å². The number of nitrogens with one attached hydrogen (secondary N) is 2. The zero-order valence-corrected chi connectivity index (χ0v) is 14.9. The fourth-order valence-corrected chi connectivity index (χ4v) is 3.88. The first-order valence-corrected chi connectivity index (χ1v) is 9.05. The monoisotopic (exact) mass is 363 g/mol. The molecular weight excluding hydrogens is 343 g/mol. The molecule has 0 unspecified atom stereocenters. The van der Waals surface area contributed by atoms with E-state index in [0.29, 0.717) is 15.7 Å². The van der Waals surface area contributed by atoms with E-state index < -0.39 is 0 Å². The third kappa shape index (κ3) is 4.29. The molecule has 1 atom stereocenters. The van der Waals surface area contributed by atoms with E-state index >= 15 is 0 Å². The quantitative estimate of drug-likeness (QED) is 0.852. The van der Waals surface area contributed by atoms with E-state index in [-0.39, 0.29) is 11.9 Å². The van der Waals surface area contributed by atoms with Gasteiger partial charge in [0.05, 0.1) is 13.1 Å². The van der Waals surface area contributed by atoms with E-state index in [1.165, 1.54) is 11.3 Å². The number of amides is 1. The van der Waals surface area contributed by atoms with Gasteiger partial charge in [-0.25, -0.2) is 0 Å². The Balaban J connectivity index is 1.85. The van der Waals surface area contributed by atoms with Crippen molar-refractivity contribution in [3.63, 3.8) is 0 Å². The highest BCUT2D eigenvalue weighted by atomic mass is 35.5. The first-order chi connectivity index (χ1) is 11.6. The molecule has 0 spiro atoms. The van der Waals surface area contributed by atoms with E-state index in [1.807, 2.05) is 30.3 Å². The molecule has 0 bridgehead atoms. The Hall–Kier alpha value is -1.55. The van der Waals surface area contributed by atoms with E-state index in [9.17, 15) is 4.79 Å². The molecule has 0 saturated carbocycles. The van der Waals surface area contributed by atoms with Crippen molar-refractivity contribution < 1.29 is 9.69 Å². The second kappa shape index (κ2) is 8.02. The molecule has 0 aromatic heterocycles. The number of carbonyl (C=O) groups is 1. The summed E-state index contributed by atoms with van der Waals surface area (Å²) in [6, 6.07) is 14.9. The van der Waals surface area contributed by atoms with Gasteiger partial charge < -0.3 is 10.2 Å². The highest BCUT2D eigenvalue weighted by Crippen LogP contribution is 2.23. The predicted octanol–water partition coefficient (Wildman–Crippen LogP) is 3.74. The maximum absolute atomic E-state index is 13.0. The summed E-state index contributed by atoms with van der Waals surface area (Å²) in [6.07, 6.45) is 3.57. The van der Waals surface area contributed by atoms with Gasteiger partial charge in [0, 0.05) is 21.3 Å². The highest BCUT2D eigenvalue weighted by molar-refractivity contribution is 6.35. The molecule has 1 fully saturated rings. The number of anilines is 1. The summed E-state index contributed by atoms with van der Waals surface area (Å²) in [6.45, 7) is 2.03. The fraction of sp³-hybridized carbons (Fsp3) is 0.316. The summed E-state index contributed by atoms with van der Waals surface area (Å²) in [5.74, 6) is -0.0172. The third-order valence-corrected chi connectivity index (χ3v) is 4.87. The highest BCUT2D eigenvalue weighted by Gasteiger charge is 2.32. The summed E-state index contributed by atoms with van der Waals surface area (Å²) in [7, 11) is 0. The number of piperidine rings is 1. The SMILES string of the molecule is O=C(Nc1cc(Cl)cc(Cl)c1)[C@H](c1ccccc1)[NH+]1CCCCC1. The number of hydrogen-bond donors (Lipinski definition) is 2. The minimum atomic E-state index is -0.218. The molecular formula is C19H21Cl2N2O+. The Morgan fingerprint density at radius 3 is 2.21 bits per heavy atom. The Bertz CT molecular complexity index is 680. The van der Waals surface area contributed by atoms with Crippen LogP contribution in [-0.4, -0.2) is 19.0 Å². The normalized spacial score (nSPS) is 16.6. The van der Waals surface area contributed by atoms with Crippen LogP contribution in [0.3, 0.4) is 0 Å².